The first-order chi connectivity index (χ1) is 29.4. The van der Waals surface area contributed by atoms with Gasteiger partial charge in [-0.15, -0.1) is 0 Å². The van der Waals surface area contributed by atoms with Crippen molar-refractivity contribution in [3.8, 4) is 67.9 Å². The van der Waals surface area contributed by atoms with Crippen molar-refractivity contribution in [2.24, 2.45) is 0 Å². The van der Waals surface area contributed by atoms with Gasteiger partial charge >= 0.3 is 0 Å². The highest BCUT2D eigenvalue weighted by Crippen LogP contribution is 2.49. The fraction of sp³-hybridized carbons (Fsp3) is 0.0556. The Bertz CT molecular complexity index is 3510. The zero-order valence-corrected chi connectivity index (χ0v) is 32.8. The molecule has 0 saturated heterocycles. The van der Waals surface area contributed by atoms with Gasteiger partial charge in [0.2, 0.25) is 0 Å². The molecular formula is C54H35N3O3. The van der Waals surface area contributed by atoms with Gasteiger partial charge in [-0.2, -0.15) is 0 Å². The molecule has 0 fully saturated rings. The molecule has 0 aliphatic carbocycles. The second-order valence-corrected chi connectivity index (χ2v) is 16.0. The fourth-order valence-electron chi connectivity index (χ4n) is 8.83. The summed E-state index contributed by atoms with van der Waals surface area (Å²) in [5.41, 5.74) is 12.3. The largest absolute Gasteiger partial charge is 0.457 e. The van der Waals surface area contributed by atoms with Gasteiger partial charge in [0, 0.05) is 54.8 Å². The number of fused-ring (bicyclic) bond motifs is 8. The standard InChI is InChI=1S/C54H35N3O3/c1-54(2)43-16-7-9-18-46(43)59-50-29-35(22-26-44(50)54)34-19-23-41-42-25-21-38(31-49(42)60-47(41)28-34)53-56-51(36-14-10-13-33(27-36)32-11-4-3-5-12-32)55-52(57-53)37-20-24-40-39-15-6-8-17-45(39)58-48(40)30-37/h3-31H,1-2H3. The van der Waals surface area contributed by atoms with E-state index in [1.54, 1.807) is 0 Å². The van der Waals surface area contributed by atoms with E-state index in [1.165, 1.54) is 11.1 Å². The van der Waals surface area contributed by atoms with Crippen LogP contribution in [0.4, 0.5) is 0 Å². The molecule has 4 heterocycles. The Balaban J connectivity index is 0.954. The molecule has 0 spiro atoms. The molecule has 1 aliphatic heterocycles. The maximum Gasteiger partial charge on any atom is 0.164 e. The SMILES string of the molecule is CC1(C)c2ccccc2Oc2cc(-c3ccc4c(c3)oc3cc(-c5nc(-c6cccc(-c7ccccc7)c6)nc(-c6ccc7c(c6)oc6ccccc67)n5)ccc34)ccc21. The number of hydrogen-bond donors (Lipinski definition) is 0. The summed E-state index contributed by atoms with van der Waals surface area (Å²) >= 11 is 0. The Kier molecular flexibility index (Phi) is 7.47. The summed E-state index contributed by atoms with van der Waals surface area (Å²) < 4.78 is 19.4. The Labute approximate surface area is 345 Å². The predicted octanol–water partition coefficient (Wildman–Crippen LogP) is 14.4. The van der Waals surface area contributed by atoms with Gasteiger partial charge in [0.05, 0.1) is 0 Å². The van der Waals surface area contributed by atoms with Crippen LogP contribution in [0.25, 0.3) is 100 Å². The molecule has 1 aliphatic rings. The van der Waals surface area contributed by atoms with Crippen LogP contribution in [-0.4, -0.2) is 15.0 Å². The normalized spacial score (nSPS) is 13.1. The summed E-state index contributed by atoms with van der Waals surface area (Å²) in [4.78, 5) is 15.3. The fourth-order valence-corrected chi connectivity index (χ4v) is 8.83. The molecule has 3 aromatic heterocycles. The lowest BCUT2D eigenvalue weighted by atomic mass is 9.75. The minimum Gasteiger partial charge on any atom is -0.457 e. The van der Waals surface area contributed by atoms with Crippen molar-refractivity contribution >= 4 is 43.9 Å². The van der Waals surface area contributed by atoms with E-state index in [4.69, 9.17) is 28.5 Å². The highest BCUT2D eigenvalue weighted by molar-refractivity contribution is 6.07. The van der Waals surface area contributed by atoms with Crippen LogP contribution in [0.2, 0.25) is 0 Å². The molecule has 8 aromatic carbocycles. The molecule has 0 bridgehead atoms. The molecule has 12 rings (SSSR count). The molecule has 0 N–H and O–H groups in total. The summed E-state index contributed by atoms with van der Waals surface area (Å²) in [6.07, 6.45) is 0. The summed E-state index contributed by atoms with van der Waals surface area (Å²) in [6.45, 7) is 4.51. The van der Waals surface area contributed by atoms with Crippen molar-refractivity contribution in [2.45, 2.75) is 19.3 Å². The summed E-state index contributed by atoms with van der Waals surface area (Å²) in [5, 5.41) is 4.19. The molecule has 11 aromatic rings. The highest BCUT2D eigenvalue weighted by Gasteiger charge is 2.34. The van der Waals surface area contributed by atoms with Crippen LogP contribution in [0, 0.1) is 0 Å². The molecule has 6 heteroatoms. The Hall–Kier alpha value is -7.83. The van der Waals surface area contributed by atoms with Crippen LogP contribution < -0.4 is 4.74 Å². The van der Waals surface area contributed by atoms with Crippen molar-refractivity contribution in [3.05, 3.63) is 187 Å². The van der Waals surface area contributed by atoms with Crippen molar-refractivity contribution in [2.75, 3.05) is 0 Å². The zero-order valence-electron chi connectivity index (χ0n) is 32.8. The van der Waals surface area contributed by atoms with E-state index in [9.17, 15) is 0 Å². The number of rotatable bonds is 5. The molecule has 6 nitrogen and oxygen atoms in total. The van der Waals surface area contributed by atoms with Crippen LogP contribution >= 0.6 is 0 Å². The van der Waals surface area contributed by atoms with E-state index in [-0.39, 0.29) is 5.41 Å². The average molecular weight is 774 g/mol. The zero-order chi connectivity index (χ0) is 40.0. The first kappa shape index (κ1) is 34.2. The van der Waals surface area contributed by atoms with Crippen molar-refractivity contribution < 1.29 is 13.6 Å². The van der Waals surface area contributed by atoms with Crippen LogP contribution in [0.3, 0.4) is 0 Å². The third kappa shape index (κ3) is 5.52. The number of aromatic nitrogens is 3. The molecular weight excluding hydrogens is 739 g/mol. The predicted molar refractivity (Wildman–Crippen MR) is 240 cm³/mol. The Morgan fingerprint density at radius 3 is 1.52 bits per heavy atom. The first-order valence-corrected chi connectivity index (χ1v) is 20.2. The Morgan fingerprint density at radius 2 is 0.800 bits per heavy atom. The lowest BCUT2D eigenvalue weighted by Gasteiger charge is -2.34. The van der Waals surface area contributed by atoms with E-state index in [2.05, 4.69) is 117 Å². The maximum atomic E-state index is 6.63. The van der Waals surface area contributed by atoms with Gasteiger partial charge in [0.25, 0.3) is 0 Å². The van der Waals surface area contributed by atoms with Gasteiger partial charge in [-0.3, -0.25) is 0 Å². The number of benzene rings is 8. The summed E-state index contributed by atoms with van der Waals surface area (Å²) in [7, 11) is 0. The maximum absolute atomic E-state index is 6.63. The smallest absolute Gasteiger partial charge is 0.164 e. The third-order valence-corrected chi connectivity index (χ3v) is 12.0. The molecule has 0 saturated carbocycles. The van der Waals surface area contributed by atoms with Crippen molar-refractivity contribution in [1.29, 1.82) is 0 Å². The Morgan fingerprint density at radius 1 is 0.333 bits per heavy atom. The van der Waals surface area contributed by atoms with Gasteiger partial charge in [0.1, 0.15) is 33.8 Å². The van der Waals surface area contributed by atoms with E-state index >= 15 is 0 Å². The molecule has 60 heavy (non-hydrogen) atoms. The number of nitrogens with zero attached hydrogens (tertiary/aromatic N) is 3. The van der Waals surface area contributed by atoms with E-state index < -0.39 is 0 Å². The number of furan rings is 2. The molecule has 0 amide bonds. The number of hydrogen-bond acceptors (Lipinski definition) is 6. The van der Waals surface area contributed by atoms with E-state index in [1.807, 2.05) is 72.8 Å². The van der Waals surface area contributed by atoms with Gasteiger partial charge in [-0.05, 0) is 82.9 Å². The highest BCUT2D eigenvalue weighted by atomic mass is 16.5. The van der Waals surface area contributed by atoms with Crippen molar-refractivity contribution in [3.63, 3.8) is 0 Å². The second kappa shape index (κ2) is 13.1. The van der Waals surface area contributed by atoms with Crippen LogP contribution in [0.1, 0.15) is 25.0 Å². The third-order valence-electron chi connectivity index (χ3n) is 12.0. The van der Waals surface area contributed by atoms with Gasteiger partial charge < -0.3 is 13.6 Å². The van der Waals surface area contributed by atoms with E-state index in [0.29, 0.717) is 17.5 Å². The van der Waals surface area contributed by atoms with Gasteiger partial charge in [0.15, 0.2) is 17.5 Å². The average Bonchev–Trinajstić information content (AvgIpc) is 3.86. The minimum atomic E-state index is -0.169. The van der Waals surface area contributed by atoms with Crippen LogP contribution in [0.5, 0.6) is 11.5 Å². The molecule has 0 atom stereocenters. The van der Waals surface area contributed by atoms with Crippen LogP contribution in [-0.2, 0) is 5.41 Å². The topological polar surface area (TPSA) is 74.2 Å². The van der Waals surface area contributed by atoms with Crippen molar-refractivity contribution in [1.82, 2.24) is 15.0 Å². The quantitative estimate of drug-likeness (QED) is 0.173. The monoisotopic (exact) mass is 773 g/mol. The van der Waals surface area contributed by atoms with Crippen LogP contribution in [0.15, 0.2) is 185 Å². The van der Waals surface area contributed by atoms with Gasteiger partial charge in [-0.1, -0.05) is 129 Å². The van der Waals surface area contributed by atoms with Gasteiger partial charge in [-0.25, -0.2) is 15.0 Å². The lowest BCUT2D eigenvalue weighted by molar-refractivity contribution is 0.418. The summed E-state index contributed by atoms with van der Waals surface area (Å²) in [5.74, 6) is 3.46. The number of ether oxygens (including phenoxy) is 1. The van der Waals surface area contributed by atoms with E-state index in [0.717, 1.165) is 94.3 Å². The lowest BCUT2D eigenvalue weighted by Crippen LogP contribution is -2.24. The number of para-hydroxylation sites is 2. The molecule has 0 radical (unpaired) electrons. The second-order valence-electron chi connectivity index (χ2n) is 16.0. The first-order valence-electron chi connectivity index (χ1n) is 20.2. The molecule has 284 valence electrons. The summed E-state index contributed by atoms with van der Waals surface area (Å²) in [6, 6.07) is 60.4. The minimum absolute atomic E-state index is 0.169. The molecule has 0 unspecified atom stereocenters.